The molecule has 4 rings (SSSR count). The third-order valence-electron chi connectivity index (χ3n) is 4.68. The minimum absolute atomic E-state index is 0.0417. The lowest BCUT2D eigenvalue weighted by molar-refractivity contribution is -0.116. The van der Waals surface area contributed by atoms with Gasteiger partial charge in [-0.15, -0.1) is 0 Å². The quantitative estimate of drug-likeness (QED) is 0.443. The fourth-order valence-corrected chi connectivity index (χ4v) is 3.45. The molecule has 3 aromatic carbocycles. The SMILES string of the molecule is COc1ccc(Cl)cc1NC(=O)Cn1c(C(=O)c2cccc(F)c2)nc2ccccc21. The first-order valence-electron chi connectivity index (χ1n) is 9.35. The number of imidazole rings is 1. The number of halogens is 2. The molecule has 8 heteroatoms. The molecule has 1 heterocycles. The number of carbonyl (C=O) groups excluding carboxylic acids is 2. The molecule has 0 radical (unpaired) electrons. The van der Waals surface area contributed by atoms with Gasteiger partial charge in [-0.1, -0.05) is 35.9 Å². The zero-order valence-corrected chi connectivity index (χ0v) is 17.2. The Bertz CT molecular complexity index is 1300. The van der Waals surface area contributed by atoms with Crippen LogP contribution in [0.4, 0.5) is 10.1 Å². The van der Waals surface area contributed by atoms with Gasteiger partial charge in [0.25, 0.3) is 0 Å². The van der Waals surface area contributed by atoms with E-state index >= 15 is 0 Å². The van der Waals surface area contributed by atoms with Crippen molar-refractivity contribution in [3.8, 4) is 5.75 Å². The molecular formula is C23H17ClFN3O3. The normalized spacial score (nSPS) is 10.8. The summed E-state index contributed by atoms with van der Waals surface area (Å²) >= 11 is 6.03. The van der Waals surface area contributed by atoms with E-state index < -0.39 is 17.5 Å². The average molecular weight is 438 g/mol. The highest BCUT2D eigenvalue weighted by Gasteiger charge is 2.21. The van der Waals surface area contributed by atoms with Gasteiger partial charge in [-0.25, -0.2) is 9.37 Å². The van der Waals surface area contributed by atoms with Crippen LogP contribution in [-0.4, -0.2) is 28.4 Å². The molecule has 0 aliphatic heterocycles. The number of rotatable bonds is 6. The summed E-state index contributed by atoms with van der Waals surface area (Å²) in [7, 11) is 1.48. The Morgan fingerprint density at radius 2 is 1.90 bits per heavy atom. The standard InChI is InChI=1S/C23H17ClFN3O3/c1-31-20-10-9-15(24)12-18(20)26-21(29)13-28-19-8-3-2-7-17(19)27-23(28)22(30)14-5-4-6-16(25)11-14/h2-12H,13H2,1H3,(H,26,29). The molecule has 31 heavy (non-hydrogen) atoms. The molecule has 0 saturated heterocycles. The monoisotopic (exact) mass is 437 g/mol. The number of carbonyl (C=O) groups is 2. The lowest BCUT2D eigenvalue weighted by Gasteiger charge is -2.12. The number of aromatic nitrogens is 2. The molecule has 0 aliphatic rings. The van der Waals surface area contributed by atoms with Gasteiger partial charge in [0.05, 0.1) is 23.8 Å². The molecule has 156 valence electrons. The van der Waals surface area contributed by atoms with Gasteiger partial charge in [-0.05, 0) is 42.5 Å². The summed E-state index contributed by atoms with van der Waals surface area (Å²) in [5.74, 6) is -0.926. The Morgan fingerprint density at radius 1 is 1.10 bits per heavy atom. The van der Waals surface area contributed by atoms with E-state index in [0.29, 0.717) is 27.5 Å². The maximum Gasteiger partial charge on any atom is 0.244 e. The molecule has 4 aromatic rings. The number of benzene rings is 3. The molecule has 0 saturated carbocycles. The van der Waals surface area contributed by atoms with E-state index in [0.717, 1.165) is 6.07 Å². The molecule has 0 unspecified atom stereocenters. The number of methoxy groups -OCH3 is 1. The van der Waals surface area contributed by atoms with Crippen LogP contribution >= 0.6 is 11.6 Å². The van der Waals surface area contributed by atoms with E-state index in [1.165, 1.54) is 29.9 Å². The van der Waals surface area contributed by atoms with Crippen molar-refractivity contribution in [1.29, 1.82) is 0 Å². The van der Waals surface area contributed by atoms with E-state index in [1.807, 2.05) is 0 Å². The second-order valence-electron chi connectivity index (χ2n) is 6.74. The predicted octanol–water partition coefficient (Wildman–Crippen LogP) is 4.71. The molecule has 0 spiro atoms. The Kier molecular flexibility index (Phi) is 5.68. The van der Waals surface area contributed by atoms with Gasteiger partial charge < -0.3 is 14.6 Å². The molecule has 0 aliphatic carbocycles. The number of para-hydroxylation sites is 2. The minimum atomic E-state index is -0.528. The highest BCUT2D eigenvalue weighted by Crippen LogP contribution is 2.28. The average Bonchev–Trinajstić information content (AvgIpc) is 3.11. The topological polar surface area (TPSA) is 73.2 Å². The molecule has 0 bridgehead atoms. The van der Waals surface area contributed by atoms with Crippen molar-refractivity contribution < 1.29 is 18.7 Å². The first-order valence-corrected chi connectivity index (χ1v) is 9.73. The van der Waals surface area contributed by atoms with Crippen LogP contribution in [0.1, 0.15) is 16.2 Å². The summed E-state index contributed by atoms with van der Waals surface area (Å²) in [6.45, 7) is -0.188. The third kappa shape index (κ3) is 4.27. The molecule has 0 atom stereocenters. The zero-order valence-electron chi connectivity index (χ0n) is 16.4. The predicted molar refractivity (Wildman–Crippen MR) is 116 cm³/mol. The summed E-state index contributed by atoms with van der Waals surface area (Å²) in [5, 5.41) is 3.19. The third-order valence-corrected chi connectivity index (χ3v) is 4.92. The van der Waals surface area contributed by atoms with Crippen molar-refractivity contribution in [2.75, 3.05) is 12.4 Å². The number of fused-ring (bicyclic) bond motifs is 1. The number of hydrogen-bond donors (Lipinski definition) is 1. The van der Waals surface area contributed by atoms with Crippen LogP contribution < -0.4 is 10.1 Å². The maximum atomic E-state index is 13.6. The summed E-state index contributed by atoms with van der Waals surface area (Å²) in [5.41, 5.74) is 1.71. The van der Waals surface area contributed by atoms with Crippen LogP contribution in [0.15, 0.2) is 66.7 Å². The first kappa shape index (κ1) is 20.6. The fourth-order valence-electron chi connectivity index (χ4n) is 3.28. The van der Waals surface area contributed by atoms with Crippen molar-refractivity contribution in [2.45, 2.75) is 6.54 Å². The van der Waals surface area contributed by atoms with Crippen LogP contribution in [-0.2, 0) is 11.3 Å². The van der Waals surface area contributed by atoms with Crippen LogP contribution in [0.25, 0.3) is 11.0 Å². The van der Waals surface area contributed by atoms with Crippen molar-refractivity contribution in [3.63, 3.8) is 0 Å². The minimum Gasteiger partial charge on any atom is -0.495 e. The lowest BCUT2D eigenvalue weighted by Crippen LogP contribution is -2.22. The summed E-state index contributed by atoms with van der Waals surface area (Å²) in [6, 6.07) is 17.3. The second-order valence-corrected chi connectivity index (χ2v) is 7.18. The van der Waals surface area contributed by atoms with Gasteiger partial charge >= 0.3 is 0 Å². The van der Waals surface area contributed by atoms with Gasteiger partial charge in [0, 0.05) is 10.6 Å². The zero-order chi connectivity index (χ0) is 22.0. The van der Waals surface area contributed by atoms with E-state index in [-0.39, 0.29) is 17.9 Å². The van der Waals surface area contributed by atoms with Crippen molar-refractivity contribution in [1.82, 2.24) is 9.55 Å². The molecular weight excluding hydrogens is 421 g/mol. The van der Waals surface area contributed by atoms with Crippen molar-refractivity contribution >= 4 is 40.0 Å². The highest BCUT2D eigenvalue weighted by molar-refractivity contribution is 6.31. The second kappa shape index (κ2) is 8.57. The largest absolute Gasteiger partial charge is 0.495 e. The molecule has 1 amide bonds. The van der Waals surface area contributed by atoms with Gasteiger partial charge in [0.2, 0.25) is 11.7 Å². The smallest absolute Gasteiger partial charge is 0.244 e. The highest BCUT2D eigenvalue weighted by atomic mass is 35.5. The van der Waals surface area contributed by atoms with E-state index in [2.05, 4.69) is 10.3 Å². The van der Waals surface area contributed by atoms with Crippen LogP contribution in [0.2, 0.25) is 5.02 Å². The fraction of sp³-hybridized carbons (Fsp3) is 0.0870. The Balaban J connectivity index is 1.70. The molecule has 0 fully saturated rings. The number of nitrogens with one attached hydrogen (secondary N) is 1. The number of anilines is 1. The van der Waals surface area contributed by atoms with Gasteiger partial charge in [0.15, 0.2) is 5.82 Å². The summed E-state index contributed by atoms with van der Waals surface area (Å²) < 4.78 is 20.4. The number of amides is 1. The van der Waals surface area contributed by atoms with Gasteiger partial charge in [-0.2, -0.15) is 0 Å². The first-order chi connectivity index (χ1) is 15.0. The number of ether oxygens (including phenoxy) is 1. The van der Waals surface area contributed by atoms with E-state index in [9.17, 15) is 14.0 Å². The van der Waals surface area contributed by atoms with Crippen LogP contribution in [0, 0.1) is 5.82 Å². The van der Waals surface area contributed by atoms with E-state index in [1.54, 1.807) is 42.5 Å². The summed E-state index contributed by atoms with van der Waals surface area (Å²) in [6.07, 6.45) is 0. The van der Waals surface area contributed by atoms with Crippen molar-refractivity contribution in [3.05, 3.63) is 89.0 Å². The number of ketones is 1. The Hall–Kier alpha value is -3.71. The van der Waals surface area contributed by atoms with E-state index in [4.69, 9.17) is 16.3 Å². The van der Waals surface area contributed by atoms with Crippen LogP contribution in [0.3, 0.4) is 0 Å². The maximum absolute atomic E-state index is 13.6. The lowest BCUT2D eigenvalue weighted by atomic mass is 10.1. The van der Waals surface area contributed by atoms with Gasteiger partial charge in [-0.3, -0.25) is 9.59 Å². The Morgan fingerprint density at radius 3 is 2.68 bits per heavy atom. The summed E-state index contributed by atoms with van der Waals surface area (Å²) in [4.78, 5) is 30.3. The Labute approximate surface area is 182 Å². The molecule has 6 nitrogen and oxygen atoms in total. The number of nitrogens with zero attached hydrogens (tertiary/aromatic N) is 2. The van der Waals surface area contributed by atoms with Crippen molar-refractivity contribution in [2.24, 2.45) is 0 Å². The molecule has 1 N–H and O–H groups in total. The van der Waals surface area contributed by atoms with Gasteiger partial charge in [0.1, 0.15) is 18.1 Å². The number of hydrogen-bond acceptors (Lipinski definition) is 4. The van der Waals surface area contributed by atoms with Crippen LogP contribution in [0.5, 0.6) is 5.75 Å². The molecule has 1 aromatic heterocycles.